The van der Waals surface area contributed by atoms with Crippen LogP contribution < -0.4 is 10.5 Å². The average molecular weight is 307 g/mol. The van der Waals surface area contributed by atoms with Crippen molar-refractivity contribution in [3.63, 3.8) is 0 Å². The van der Waals surface area contributed by atoms with E-state index in [-0.39, 0.29) is 12.3 Å². The molecule has 1 rings (SSSR count). The van der Waals surface area contributed by atoms with Crippen LogP contribution in [0.4, 0.5) is 8.78 Å². The summed E-state index contributed by atoms with van der Waals surface area (Å²) in [6, 6.07) is 1.45. The Morgan fingerprint density at radius 3 is 2.70 bits per heavy atom. The number of benzene rings is 1. The maximum Gasteiger partial charge on any atom is 0.243 e. The van der Waals surface area contributed by atoms with Crippen LogP contribution in [0.1, 0.15) is 19.8 Å². The Kier molecular flexibility index (Phi) is 5.40. The van der Waals surface area contributed by atoms with Gasteiger partial charge in [0.15, 0.2) is 0 Å². The highest BCUT2D eigenvalue weighted by atomic mass is 32.2. The number of oxime groups is 1. The molecule has 0 aromatic heterocycles. The Hall–Kier alpha value is -1.74. The summed E-state index contributed by atoms with van der Waals surface area (Å²) >= 11 is 0. The molecule has 4 N–H and O–H groups in total. The molecule has 0 aliphatic heterocycles. The van der Waals surface area contributed by atoms with E-state index >= 15 is 0 Å². The van der Waals surface area contributed by atoms with E-state index in [1.165, 1.54) is 0 Å². The van der Waals surface area contributed by atoms with Crippen molar-refractivity contribution in [3.05, 3.63) is 29.8 Å². The van der Waals surface area contributed by atoms with Gasteiger partial charge in [-0.25, -0.2) is 21.9 Å². The van der Waals surface area contributed by atoms with Crippen molar-refractivity contribution in [2.24, 2.45) is 10.9 Å². The fourth-order valence-electron chi connectivity index (χ4n) is 1.53. The molecule has 0 aliphatic carbocycles. The number of rotatable bonds is 6. The lowest BCUT2D eigenvalue weighted by molar-refractivity contribution is 0.316. The Morgan fingerprint density at radius 1 is 1.50 bits per heavy atom. The third kappa shape index (κ3) is 4.14. The van der Waals surface area contributed by atoms with Crippen LogP contribution in [0.5, 0.6) is 0 Å². The molecule has 0 heterocycles. The van der Waals surface area contributed by atoms with E-state index in [9.17, 15) is 17.2 Å². The van der Waals surface area contributed by atoms with Gasteiger partial charge in [-0.1, -0.05) is 12.1 Å². The second kappa shape index (κ2) is 6.62. The van der Waals surface area contributed by atoms with E-state index in [1.807, 2.05) is 0 Å². The van der Waals surface area contributed by atoms with Crippen LogP contribution in [-0.4, -0.2) is 25.5 Å². The van der Waals surface area contributed by atoms with Crippen molar-refractivity contribution in [1.29, 1.82) is 0 Å². The van der Waals surface area contributed by atoms with Crippen molar-refractivity contribution in [3.8, 4) is 0 Å². The summed E-state index contributed by atoms with van der Waals surface area (Å²) in [5.41, 5.74) is 5.29. The van der Waals surface area contributed by atoms with Gasteiger partial charge in [0.2, 0.25) is 10.0 Å². The maximum absolute atomic E-state index is 13.5. The average Bonchev–Trinajstić information content (AvgIpc) is 2.40. The minimum absolute atomic E-state index is 0.0524. The van der Waals surface area contributed by atoms with Gasteiger partial charge >= 0.3 is 0 Å². The number of halogens is 2. The van der Waals surface area contributed by atoms with Crippen LogP contribution in [0, 0.1) is 11.6 Å². The van der Waals surface area contributed by atoms with Crippen LogP contribution in [0.25, 0.3) is 0 Å². The summed E-state index contributed by atoms with van der Waals surface area (Å²) < 4.78 is 52.7. The third-order valence-electron chi connectivity index (χ3n) is 2.58. The Balaban J connectivity index is 3.01. The van der Waals surface area contributed by atoms with E-state index in [4.69, 9.17) is 10.9 Å². The van der Waals surface area contributed by atoms with Crippen LogP contribution in [-0.2, 0) is 10.0 Å². The van der Waals surface area contributed by atoms with E-state index in [2.05, 4.69) is 9.88 Å². The lowest BCUT2D eigenvalue weighted by Crippen LogP contribution is -2.37. The van der Waals surface area contributed by atoms with Crippen molar-refractivity contribution in [2.75, 3.05) is 0 Å². The summed E-state index contributed by atoms with van der Waals surface area (Å²) in [6.07, 6.45) is 0.273. The lowest BCUT2D eigenvalue weighted by atomic mass is 10.1. The highest BCUT2D eigenvalue weighted by Crippen LogP contribution is 2.16. The third-order valence-corrected chi connectivity index (χ3v) is 4.12. The molecule has 0 saturated heterocycles. The molecule has 0 aliphatic rings. The fraction of sp³-hybridized carbons (Fsp3) is 0.364. The summed E-state index contributed by atoms with van der Waals surface area (Å²) in [5.74, 6) is -2.09. The van der Waals surface area contributed by atoms with Crippen LogP contribution >= 0.6 is 0 Å². The smallest absolute Gasteiger partial charge is 0.243 e. The van der Waals surface area contributed by atoms with E-state index in [1.54, 1.807) is 6.92 Å². The molecule has 6 nitrogen and oxygen atoms in total. The van der Waals surface area contributed by atoms with E-state index < -0.39 is 32.6 Å². The zero-order valence-corrected chi connectivity index (χ0v) is 11.5. The maximum atomic E-state index is 13.5. The SMILES string of the molecule is CCC(CC(N)=NO)NS(=O)(=O)c1cc(F)ccc1F. The quantitative estimate of drug-likeness (QED) is 0.317. The molecule has 0 amide bonds. The molecule has 9 heteroatoms. The van der Waals surface area contributed by atoms with Gasteiger partial charge in [-0.05, 0) is 24.6 Å². The molecule has 1 aromatic rings. The Morgan fingerprint density at radius 2 is 2.15 bits per heavy atom. The number of hydrogen-bond acceptors (Lipinski definition) is 4. The Labute approximate surface area is 115 Å². The summed E-state index contributed by atoms with van der Waals surface area (Å²) in [5, 5.41) is 11.2. The van der Waals surface area contributed by atoms with Gasteiger partial charge < -0.3 is 10.9 Å². The summed E-state index contributed by atoms with van der Waals surface area (Å²) in [6.45, 7) is 1.67. The van der Waals surface area contributed by atoms with E-state index in [0.29, 0.717) is 12.5 Å². The van der Waals surface area contributed by atoms with Crippen LogP contribution in [0.2, 0.25) is 0 Å². The summed E-state index contributed by atoms with van der Waals surface area (Å²) in [7, 11) is -4.24. The van der Waals surface area contributed by atoms with Crippen molar-refractivity contribution in [2.45, 2.75) is 30.7 Å². The molecule has 1 unspecified atom stereocenters. The van der Waals surface area contributed by atoms with Gasteiger partial charge in [0, 0.05) is 12.5 Å². The van der Waals surface area contributed by atoms with Gasteiger partial charge in [0.05, 0.1) is 0 Å². The number of hydrogen-bond donors (Lipinski definition) is 3. The molecule has 0 radical (unpaired) electrons. The lowest BCUT2D eigenvalue weighted by Gasteiger charge is -2.16. The Bertz CT molecular complexity index is 605. The largest absolute Gasteiger partial charge is 0.409 e. The molecule has 1 atom stereocenters. The first-order valence-corrected chi connectivity index (χ1v) is 7.22. The van der Waals surface area contributed by atoms with Gasteiger partial charge in [-0.3, -0.25) is 0 Å². The van der Waals surface area contributed by atoms with Gasteiger partial charge in [0.25, 0.3) is 0 Å². The fourth-order valence-corrected chi connectivity index (χ4v) is 2.94. The number of nitrogens with two attached hydrogens (primary N) is 1. The van der Waals surface area contributed by atoms with Gasteiger partial charge in [-0.2, -0.15) is 0 Å². The summed E-state index contributed by atoms with van der Waals surface area (Å²) in [4.78, 5) is -0.782. The second-order valence-electron chi connectivity index (χ2n) is 4.10. The van der Waals surface area contributed by atoms with Gasteiger partial charge in [0.1, 0.15) is 22.4 Å². The molecular weight excluding hydrogens is 292 g/mol. The normalized spacial score (nSPS) is 14.2. The standard InChI is InChI=1S/C11H15F2N3O3S/c1-2-8(6-11(14)15-17)16-20(18,19)10-5-7(12)3-4-9(10)13/h3-5,8,16-17H,2,6H2,1H3,(H2,14,15). The molecule has 112 valence electrons. The van der Waals surface area contributed by atoms with E-state index in [0.717, 1.165) is 12.1 Å². The first-order chi connectivity index (χ1) is 9.30. The van der Waals surface area contributed by atoms with Crippen LogP contribution in [0.15, 0.2) is 28.3 Å². The predicted octanol–water partition coefficient (Wildman–Crippen LogP) is 1.16. The molecule has 0 spiro atoms. The first kappa shape index (κ1) is 16.3. The van der Waals surface area contributed by atoms with Gasteiger partial charge in [-0.15, -0.1) is 0 Å². The first-order valence-electron chi connectivity index (χ1n) is 5.74. The molecule has 0 bridgehead atoms. The topological polar surface area (TPSA) is 105 Å². The zero-order valence-electron chi connectivity index (χ0n) is 10.7. The predicted molar refractivity (Wildman–Crippen MR) is 68.8 cm³/mol. The number of amidine groups is 1. The number of nitrogens with one attached hydrogen (secondary N) is 1. The van der Waals surface area contributed by atoms with Crippen molar-refractivity contribution < 1.29 is 22.4 Å². The minimum Gasteiger partial charge on any atom is -0.409 e. The van der Waals surface area contributed by atoms with Crippen LogP contribution in [0.3, 0.4) is 0 Å². The number of nitrogens with zero attached hydrogens (tertiary/aromatic N) is 1. The molecule has 1 aromatic carbocycles. The number of sulfonamides is 1. The second-order valence-corrected chi connectivity index (χ2v) is 5.78. The molecule has 0 fully saturated rings. The zero-order chi connectivity index (χ0) is 15.3. The minimum atomic E-state index is -4.24. The highest BCUT2D eigenvalue weighted by Gasteiger charge is 2.23. The molecular formula is C11H15F2N3O3S. The molecule has 0 saturated carbocycles. The van der Waals surface area contributed by atoms with Crippen molar-refractivity contribution >= 4 is 15.9 Å². The highest BCUT2D eigenvalue weighted by molar-refractivity contribution is 7.89. The monoisotopic (exact) mass is 307 g/mol. The van der Waals surface area contributed by atoms with Crippen molar-refractivity contribution in [1.82, 2.24) is 4.72 Å². The molecule has 20 heavy (non-hydrogen) atoms.